The van der Waals surface area contributed by atoms with Gasteiger partial charge in [-0.15, -0.1) is 10.2 Å². The molecule has 0 spiro atoms. The summed E-state index contributed by atoms with van der Waals surface area (Å²) in [6, 6.07) is 11.2. The zero-order valence-corrected chi connectivity index (χ0v) is 15.5. The third-order valence-electron chi connectivity index (χ3n) is 5.09. The van der Waals surface area contributed by atoms with Gasteiger partial charge in [-0.1, -0.05) is 6.07 Å². The predicted molar refractivity (Wildman–Crippen MR) is 100 cm³/mol. The molecule has 1 amide bonds. The molecule has 1 aliphatic heterocycles. The lowest BCUT2D eigenvalue weighted by Gasteiger charge is -2.31. The number of methoxy groups -OCH3 is 2. The highest BCUT2D eigenvalue weighted by Gasteiger charge is 2.27. The van der Waals surface area contributed by atoms with Gasteiger partial charge < -0.3 is 14.4 Å². The van der Waals surface area contributed by atoms with Gasteiger partial charge in [0.05, 0.1) is 14.2 Å². The fourth-order valence-corrected chi connectivity index (χ4v) is 3.59. The Morgan fingerprint density at radius 2 is 1.74 bits per heavy atom. The van der Waals surface area contributed by atoms with Crippen LogP contribution in [0, 0.1) is 0 Å². The third kappa shape index (κ3) is 3.32. The largest absolute Gasteiger partial charge is 0.497 e. The van der Waals surface area contributed by atoms with Gasteiger partial charge in [0.2, 0.25) is 0 Å². The number of ether oxygens (including phenoxy) is 2. The smallest absolute Gasteiger partial charge is 0.254 e. The molecule has 0 atom stereocenters. The van der Waals surface area contributed by atoms with Crippen molar-refractivity contribution in [2.45, 2.75) is 18.8 Å². The zero-order chi connectivity index (χ0) is 18.8. The maximum Gasteiger partial charge on any atom is 0.254 e. The number of aromatic nitrogens is 3. The predicted octanol–water partition coefficient (Wildman–Crippen LogP) is 2.77. The van der Waals surface area contributed by atoms with Crippen LogP contribution in [0.5, 0.6) is 11.5 Å². The van der Waals surface area contributed by atoms with Crippen molar-refractivity contribution in [2.24, 2.45) is 0 Å². The molecule has 0 unspecified atom stereocenters. The molecule has 7 heteroatoms. The number of nitrogens with zero attached hydrogens (tertiary/aromatic N) is 4. The molecular weight excluding hydrogens is 344 g/mol. The Hall–Kier alpha value is -3.09. The van der Waals surface area contributed by atoms with E-state index in [0.717, 1.165) is 24.3 Å². The summed E-state index contributed by atoms with van der Waals surface area (Å²) in [7, 11) is 3.16. The summed E-state index contributed by atoms with van der Waals surface area (Å²) < 4.78 is 12.6. The number of hydrogen-bond donors (Lipinski definition) is 0. The molecule has 0 saturated carbocycles. The third-order valence-corrected chi connectivity index (χ3v) is 5.09. The summed E-state index contributed by atoms with van der Waals surface area (Å²) in [5, 5.41) is 8.61. The highest BCUT2D eigenvalue weighted by atomic mass is 16.5. The van der Waals surface area contributed by atoms with E-state index in [9.17, 15) is 4.79 Å². The van der Waals surface area contributed by atoms with Crippen LogP contribution in [0.25, 0.3) is 5.65 Å². The van der Waals surface area contributed by atoms with Crippen LogP contribution in [0.3, 0.4) is 0 Å². The lowest BCUT2D eigenvalue weighted by Crippen LogP contribution is -2.38. The quantitative estimate of drug-likeness (QED) is 0.710. The Bertz CT molecular complexity index is 939. The van der Waals surface area contributed by atoms with Crippen LogP contribution in [-0.2, 0) is 0 Å². The number of hydrogen-bond acceptors (Lipinski definition) is 5. The normalized spacial score (nSPS) is 15.1. The average molecular weight is 366 g/mol. The van der Waals surface area contributed by atoms with Gasteiger partial charge in [0, 0.05) is 36.8 Å². The molecule has 3 aromatic rings. The van der Waals surface area contributed by atoms with Crippen molar-refractivity contribution >= 4 is 11.6 Å². The minimum atomic E-state index is -0.00301. The molecular formula is C20H22N4O3. The average Bonchev–Trinajstić information content (AvgIpc) is 3.17. The first-order valence-electron chi connectivity index (χ1n) is 9.01. The Labute approximate surface area is 157 Å². The second-order valence-electron chi connectivity index (χ2n) is 6.65. The van der Waals surface area contributed by atoms with E-state index in [2.05, 4.69) is 10.2 Å². The van der Waals surface area contributed by atoms with Crippen LogP contribution in [0.1, 0.15) is 34.9 Å². The van der Waals surface area contributed by atoms with Gasteiger partial charge in [0.15, 0.2) is 5.65 Å². The van der Waals surface area contributed by atoms with E-state index in [-0.39, 0.29) is 5.91 Å². The number of carbonyl (C=O) groups is 1. The minimum absolute atomic E-state index is 0.00301. The molecule has 1 fully saturated rings. The van der Waals surface area contributed by atoms with Gasteiger partial charge >= 0.3 is 0 Å². The van der Waals surface area contributed by atoms with Crippen LogP contribution in [-0.4, -0.2) is 52.7 Å². The molecule has 1 saturated heterocycles. The molecule has 1 aliphatic rings. The minimum Gasteiger partial charge on any atom is -0.497 e. The maximum absolute atomic E-state index is 12.9. The van der Waals surface area contributed by atoms with Crippen molar-refractivity contribution in [3.8, 4) is 11.5 Å². The summed E-state index contributed by atoms with van der Waals surface area (Å²) in [4.78, 5) is 14.8. The van der Waals surface area contributed by atoms with Crippen molar-refractivity contribution < 1.29 is 14.3 Å². The highest BCUT2D eigenvalue weighted by Crippen LogP contribution is 2.29. The summed E-state index contributed by atoms with van der Waals surface area (Å²) in [5.41, 5.74) is 1.44. The number of likely N-dealkylation sites (tertiary alicyclic amines) is 1. The number of rotatable bonds is 4. The second kappa shape index (κ2) is 7.26. The van der Waals surface area contributed by atoms with Gasteiger partial charge in [-0.2, -0.15) is 0 Å². The van der Waals surface area contributed by atoms with E-state index in [1.165, 1.54) is 0 Å². The van der Waals surface area contributed by atoms with Crippen molar-refractivity contribution in [2.75, 3.05) is 27.3 Å². The summed E-state index contributed by atoms with van der Waals surface area (Å²) in [6.07, 6.45) is 3.72. The van der Waals surface area contributed by atoms with Crippen LogP contribution in [0.4, 0.5) is 0 Å². The fraction of sp³-hybridized carbons (Fsp3) is 0.350. The molecule has 0 N–H and O–H groups in total. The Kier molecular flexibility index (Phi) is 4.66. The van der Waals surface area contributed by atoms with E-state index in [4.69, 9.17) is 9.47 Å². The van der Waals surface area contributed by atoms with Gasteiger partial charge in [-0.25, -0.2) is 0 Å². The fourth-order valence-electron chi connectivity index (χ4n) is 3.59. The standard InChI is InChI=1S/C20H22N4O3/c1-26-16-11-15(12-17(13-16)27-2)20(25)23-9-6-14(7-10-23)19-22-21-18-5-3-4-8-24(18)19/h3-5,8,11-14H,6-7,9-10H2,1-2H3. The number of fused-ring (bicyclic) bond motifs is 1. The first kappa shape index (κ1) is 17.3. The van der Waals surface area contributed by atoms with Crippen molar-refractivity contribution in [1.82, 2.24) is 19.5 Å². The molecule has 1 aromatic carbocycles. The van der Waals surface area contributed by atoms with Gasteiger partial charge in [0.25, 0.3) is 5.91 Å². The lowest BCUT2D eigenvalue weighted by atomic mass is 9.95. The van der Waals surface area contributed by atoms with Crippen molar-refractivity contribution in [3.63, 3.8) is 0 Å². The molecule has 2 aromatic heterocycles. The summed E-state index contributed by atoms with van der Waals surface area (Å²) >= 11 is 0. The summed E-state index contributed by atoms with van der Waals surface area (Å²) in [5.74, 6) is 2.49. The van der Waals surface area contributed by atoms with Crippen molar-refractivity contribution in [3.05, 3.63) is 54.0 Å². The highest BCUT2D eigenvalue weighted by molar-refractivity contribution is 5.95. The summed E-state index contributed by atoms with van der Waals surface area (Å²) in [6.45, 7) is 1.37. The van der Waals surface area contributed by atoms with Crippen molar-refractivity contribution in [1.29, 1.82) is 0 Å². The Morgan fingerprint density at radius 3 is 2.41 bits per heavy atom. The first-order chi connectivity index (χ1) is 13.2. The van der Waals surface area contributed by atoms with Gasteiger partial charge in [0.1, 0.15) is 17.3 Å². The van der Waals surface area contributed by atoms with E-state index >= 15 is 0 Å². The SMILES string of the molecule is COc1cc(OC)cc(C(=O)N2CCC(c3nnc4ccccn34)CC2)c1. The molecule has 27 heavy (non-hydrogen) atoms. The topological polar surface area (TPSA) is 69.0 Å². The monoisotopic (exact) mass is 366 g/mol. The molecule has 0 bridgehead atoms. The lowest BCUT2D eigenvalue weighted by molar-refractivity contribution is 0.0710. The Morgan fingerprint density at radius 1 is 1.04 bits per heavy atom. The van der Waals surface area contributed by atoms with Crippen LogP contribution in [0.2, 0.25) is 0 Å². The molecule has 0 radical (unpaired) electrons. The molecule has 7 nitrogen and oxygen atoms in total. The number of benzene rings is 1. The zero-order valence-electron chi connectivity index (χ0n) is 15.5. The maximum atomic E-state index is 12.9. The van der Waals surface area contributed by atoms with E-state index < -0.39 is 0 Å². The van der Waals surface area contributed by atoms with Gasteiger partial charge in [-0.3, -0.25) is 9.20 Å². The number of piperidine rings is 1. The van der Waals surface area contributed by atoms with Crippen LogP contribution in [0.15, 0.2) is 42.6 Å². The molecule has 140 valence electrons. The number of carbonyl (C=O) groups excluding carboxylic acids is 1. The molecule has 0 aliphatic carbocycles. The van der Waals surface area contributed by atoms with E-state index in [1.807, 2.05) is 33.7 Å². The second-order valence-corrected chi connectivity index (χ2v) is 6.65. The first-order valence-corrected chi connectivity index (χ1v) is 9.01. The number of amides is 1. The number of pyridine rings is 1. The van der Waals surface area contributed by atoms with E-state index in [1.54, 1.807) is 32.4 Å². The Balaban J connectivity index is 1.48. The van der Waals surface area contributed by atoms with Gasteiger partial charge in [-0.05, 0) is 37.1 Å². The van der Waals surface area contributed by atoms with Crippen LogP contribution >= 0.6 is 0 Å². The van der Waals surface area contributed by atoms with E-state index in [0.29, 0.717) is 36.1 Å². The molecule has 3 heterocycles. The molecule has 4 rings (SSSR count). The van der Waals surface area contributed by atoms with Crippen LogP contribution < -0.4 is 9.47 Å².